The molecule has 1 aromatic heterocycles. The molecule has 0 bridgehead atoms. The Morgan fingerprint density at radius 2 is 1.11 bits per heavy atom. The molecule has 2 heteroatoms. The lowest BCUT2D eigenvalue weighted by Gasteiger charge is -2.29. The van der Waals surface area contributed by atoms with Crippen molar-refractivity contribution in [2.75, 3.05) is 4.90 Å². The van der Waals surface area contributed by atoms with Crippen LogP contribution < -0.4 is 4.90 Å². The zero-order valence-electron chi connectivity index (χ0n) is 31.0. The molecule has 0 fully saturated rings. The molecule has 0 saturated carbocycles. The standard InChI is InChI=1S/C52H42N2/c1-35-32-51-47(45-19-11-13-21-50(45)54(51)39-16-8-5-9-17-39)34-46(35)38-24-28-41(29-25-38)53(40-26-22-37(23-27-40)36-14-6-4-7-15-36)42-30-31-44-43-18-10-12-20-48(43)52(2,3)49(44)33-42/h4-31,33-35H,32H2,1-3H3. The highest BCUT2D eigenvalue weighted by Crippen LogP contribution is 2.51. The molecule has 0 N–H and O–H groups in total. The molecule has 0 saturated heterocycles. The van der Waals surface area contributed by atoms with Gasteiger partial charge in [-0.25, -0.2) is 0 Å². The number of rotatable bonds is 6. The smallest absolute Gasteiger partial charge is 0.0537 e. The second-order valence-electron chi connectivity index (χ2n) is 15.4. The number of allylic oxidation sites excluding steroid dienone is 1. The molecule has 260 valence electrons. The van der Waals surface area contributed by atoms with Crippen LogP contribution in [0.15, 0.2) is 176 Å². The maximum atomic E-state index is 2.47. The van der Waals surface area contributed by atoms with Gasteiger partial charge in [0.05, 0.1) is 5.52 Å². The number of para-hydroxylation sites is 2. The molecule has 1 heterocycles. The van der Waals surface area contributed by atoms with Gasteiger partial charge in [-0.1, -0.05) is 142 Å². The number of anilines is 3. The van der Waals surface area contributed by atoms with E-state index < -0.39 is 0 Å². The van der Waals surface area contributed by atoms with Gasteiger partial charge in [-0.2, -0.15) is 0 Å². The van der Waals surface area contributed by atoms with Crippen molar-refractivity contribution in [3.05, 3.63) is 204 Å². The van der Waals surface area contributed by atoms with Gasteiger partial charge in [-0.15, -0.1) is 0 Å². The zero-order valence-corrected chi connectivity index (χ0v) is 31.0. The summed E-state index contributed by atoms with van der Waals surface area (Å²) in [6.07, 6.45) is 3.44. The SMILES string of the molecule is CC1Cc2c(c3ccccc3n2-c2ccccc2)C=C1c1ccc(N(c2ccc(-c3ccccc3)cc2)c2ccc3c(c2)C(C)(C)c2ccccc2-3)cc1. The van der Waals surface area contributed by atoms with Crippen molar-refractivity contribution < 1.29 is 0 Å². The van der Waals surface area contributed by atoms with Gasteiger partial charge in [0.25, 0.3) is 0 Å². The van der Waals surface area contributed by atoms with E-state index in [2.05, 4.69) is 212 Å². The summed E-state index contributed by atoms with van der Waals surface area (Å²) in [5.41, 5.74) is 19.1. The third-order valence-corrected chi connectivity index (χ3v) is 11.9. The van der Waals surface area contributed by atoms with Crippen LogP contribution in [0.2, 0.25) is 0 Å². The van der Waals surface area contributed by atoms with Crippen molar-refractivity contribution in [3.63, 3.8) is 0 Å². The second-order valence-corrected chi connectivity index (χ2v) is 15.4. The minimum Gasteiger partial charge on any atom is -0.313 e. The number of nitrogens with zero attached hydrogens (tertiary/aromatic N) is 2. The van der Waals surface area contributed by atoms with Crippen LogP contribution in [0.1, 0.15) is 48.7 Å². The molecule has 2 nitrogen and oxygen atoms in total. The molecular weight excluding hydrogens is 653 g/mol. The molecule has 10 rings (SSSR count). The van der Waals surface area contributed by atoms with Gasteiger partial charge < -0.3 is 9.47 Å². The summed E-state index contributed by atoms with van der Waals surface area (Å²) in [5, 5.41) is 1.31. The molecular formula is C52H42N2. The normalized spacial score (nSPS) is 15.3. The maximum Gasteiger partial charge on any atom is 0.0537 e. The molecule has 1 unspecified atom stereocenters. The highest BCUT2D eigenvalue weighted by atomic mass is 15.1. The molecule has 8 aromatic rings. The van der Waals surface area contributed by atoms with Crippen LogP contribution in [0.25, 0.3) is 50.5 Å². The minimum absolute atomic E-state index is 0.0826. The van der Waals surface area contributed by atoms with E-state index in [1.807, 2.05) is 0 Å². The summed E-state index contributed by atoms with van der Waals surface area (Å²) >= 11 is 0. The Bertz CT molecular complexity index is 2700. The summed E-state index contributed by atoms with van der Waals surface area (Å²) in [6.45, 7) is 7.09. The molecule has 54 heavy (non-hydrogen) atoms. The predicted octanol–water partition coefficient (Wildman–Crippen LogP) is 13.8. The van der Waals surface area contributed by atoms with Crippen molar-refractivity contribution >= 4 is 39.6 Å². The first-order valence-corrected chi connectivity index (χ1v) is 19.2. The third-order valence-electron chi connectivity index (χ3n) is 11.9. The summed E-state index contributed by atoms with van der Waals surface area (Å²) in [6, 6.07) is 64.5. The number of hydrogen-bond donors (Lipinski definition) is 0. The fourth-order valence-electron chi connectivity index (χ4n) is 9.13. The lowest BCUT2D eigenvalue weighted by molar-refractivity contribution is 0.660. The van der Waals surface area contributed by atoms with E-state index in [4.69, 9.17) is 0 Å². The van der Waals surface area contributed by atoms with Crippen LogP contribution in [0.4, 0.5) is 17.1 Å². The quantitative estimate of drug-likeness (QED) is 0.168. The van der Waals surface area contributed by atoms with Gasteiger partial charge >= 0.3 is 0 Å². The largest absolute Gasteiger partial charge is 0.313 e. The molecule has 0 radical (unpaired) electrons. The Morgan fingerprint density at radius 1 is 0.537 bits per heavy atom. The Morgan fingerprint density at radius 3 is 1.85 bits per heavy atom. The number of hydrogen-bond acceptors (Lipinski definition) is 1. The van der Waals surface area contributed by atoms with Crippen molar-refractivity contribution in [1.29, 1.82) is 0 Å². The highest BCUT2D eigenvalue weighted by Gasteiger charge is 2.36. The van der Waals surface area contributed by atoms with Crippen LogP contribution in [0.5, 0.6) is 0 Å². The fourth-order valence-corrected chi connectivity index (χ4v) is 9.13. The van der Waals surface area contributed by atoms with Gasteiger partial charge in [0.1, 0.15) is 0 Å². The van der Waals surface area contributed by atoms with Gasteiger partial charge in [0.2, 0.25) is 0 Å². The Balaban J connectivity index is 1.07. The summed E-state index contributed by atoms with van der Waals surface area (Å²) < 4.78 is 2.47. The Hall–Kier alpha value is -6.38. The topological polar surface area (TPSA) is 8.17 Å². The van der Waals surface area contributed by atoms with Crippen molar-refractivity contribution in [3.8, 4) is 27.9 Å². The first-order valence-electron chi connectivity index (χ1n) is 19.2. The average Bonchev–Trinajstić information content (AvgIpc) is 3.66. The lowest BCUT2D eigenvalue weighted by Crippen LogP contribution is -2.16. The van der Waals surface area contributed by atoms with Crippen molar-refractivity contribution in [2.45, 2.75) is 32.6 Å². The summed E-state index contributed by atoms with van der Waals surface area (Å²) in [5.74, 6) is 0.373. The summed E-state index contributed by atoms with van der Waals surface area (Å²) in [7, 11) is 0. The van der Waals surface area contributed by atoms with Gasteiger partial charge in [0, 0.05) is 44.8 Å². The minimum atomic E-state index is -0.0826. The number of fused-ring (bicyclic) bond motifs is 6. The van der Waals surface area contributed by atoms with Crippen LogP contribution in [-0.4, -0.2) is 4.57 Å². The average molecular weight is 695 g/mol. The number of aromatic nitrogens is 1. The van der Waals surface area contributed by atoms with E-state index in [0.29, 0.717) is 5.92 Å². The van der Waals surface area contributed by atoms with Crippen LogP contribution in [0.3, 0.4) is 0 Å². The van der Waals surface area contributed by atoms with Crippen LogP contribution in [-0.2, 0) is 11.8 Å². The monoisotopic (exact) mass is 694 g/mol. The third kappa shape index (κ3) is 5.16. The molecule has 1 atom stereocenters. The van der Waals surface area contributed by atoms with Crippen molar-refractivity contribution in [1.82, 2.24) is 4.57 Å². The van der Waals surface area contributed by atoms with E-state index in [0.717, 1.165) is 17.8 Å². The van der Waals surface area contributed by atoms with Crippen LogP contribution in [0, 0.1) is 5.92 Å². The molecule has 2 aliphatic carbocycles. The van der Waals surface area contributed by atoms with E-state index in [-0.39, 0.29) is 5.41 Å². The lowest BCUT2D eigenvalue weighted by atomic mass is 9.82. The first-order chi connectivity index (χ1) is 26.5. The fraction of sp³-hybridized carbons (Fsp3) is 0.115. The van der Waals surface area contributed by atoms with Crippen LogP contribution >= 0.6 is 0 Å². The predicted molar refractivity (Wildman–Crippen MR) is 228 cm³/mol. The van der Waals surface area contributed by atoms with Gasteiger partial charge in [-0.3, -0.25) is 0 Å². The van der Waals surface area contributed by atoms with E-state index >= 15 is 0 Å². The van der Waals surface area contributed by atoms with E-state index in [9.17, 15) is 0 Å². The second kappa shape index (κ2) is 12.6. The highest BCUT2D eigenvalue weighted by molar-refractivity contribution is 5.99. The summed E-state index contributed by atoms with van der Waals surface area (Å²) in [4.78, 5) is 2.42. The zero-order chi connectivity index (χ0) is 36.4. The van der Waals surface area contributed by atoms with Crippen molar-refractivity contribution in [2.24, 2.45) is 5.92 Å². The molecule has 0 spiro atoms. The van der Waals surface area contributed by atoms with E-state index in [1.54, 1.807) is 0 Å². The molecule has 7 aromatic carbocycles. The van der Waals surface area contributed by atoms with E-state index in [1.165, 1.54) is 78.1 Å². The first kappa shape index (κ1) is 32.3. The molecule has 0 aliphatic heterocycles. The Kier molecular flexibility index (Phi) is 7.56. The molecule has 2 aliphatic rings. The number of benzene rings is 7. The van der Waals surface area contributed by atoms with Gasteiger partial charge in [0.15, 0.2) is 0 Å². The Labute approximate surface area is 318 Å². The van der Waals surface area contributed by atoms with Gasteiger partial charge in [-0.05, 0) is 118 Å². The maximum absolute atomic E-state index is 2.47. The molecule has 0 amide bonds.